The molecule has 0 amide bonds. The fourth-order valence-electron chi connectivity index (χ4n) is 0.849. The van der Waals surface area contributed by atoms with Crippen LogP contribution in [0.3, 0.4) is 0 Å². The van der Waals surface area contributed by atoms with Gasteiger partial charge in [0.25, 0.3) is 0 Å². The van der Waals surface area contributed by atoms with Gasteiger partial charge in [0, 0.05) is 0 Å². The second kappa shape index (κ2) is 5.53. The van der Waals surface area contributed by atoms with E-state index in [1.54, 1.807) is 0 Å². The van der Waals surface area contributed by atoms with Gasteiger partial charge >= 0.3 is 0 Å². The Morgan fingerprint density at radius 2 is 1.70 bits per heavy atom. The van der Waals surface area contributed by atoms with Crippen LogP contribution < -0.4 is 0 Å². The third kappa shape index (κ3) is 3.06. The standard InChI is InChI=1S/C9H11.Al.3H/c1-2-6-9-7-4-3-5-8-9;;;;/h3-5,7-8H,1-2,6H2;;;;. The molecule has 0 atom stereocenters. The molecule has 0 nitrogen and oxygen atoms in total. The lowest BCUT2D eigenvalue weighted by Crippen LogP contribution is -1.79. The van der Waals surface area contributed by atoms with E-state index in [0.717, 1.165) is 12.8 Å². The molecule has 0 aromatic heterocycles. The van der Waals surface area contributed by atoms with Crippen LogP contribution >= 0.6 is 0 Å². The fraction of sp³-hybridized carbons (Fsp3) is 0.222. The van der Waals surface area contributed by atoms with Crippen LogP contribution in [-0.4, -0.2) is 17.4 Å². The molecule has 0 bridgehead atoms. The predicted molar refractivity (Wildman–Crippen MR) is 50.1 cm³/mol. The summed E-state index contributed by atoms with van der Waals surface area (Å²) in [5.74, 6) is 0. The van der Waals surface area contributed by atoms with Gasteiger partial charge in [0.05, 0.1) is 0 Å². The summed E-state index contributed by atoms with van der Waals surface area (Å²) in [6, 6.07) is 10.4. The molecule has 0 unspecified atom stereocenters. The Bertz CT molecular complexity index is 158. The molecule has 1 aromatic rings. The van der Waals surface area contributed by atoms with Gasteiger partial charge in [-0.1, -0.05) is 37.3 Å². The van der Waals surface area contributed by atoms with Crippen molar-refractivity contribution in [1.29, 1.82) is 0 Å². The molecule has 0 fully saturated rings. The molecule has 0 saturated carbocycles. The lowest BCUT2D eigenvalue weighted by molar-refractivity contribution is 1.000. The van der Waals surface area contributed by atoms with E-state index in [1.165, 1.54) is 5.56 Å². The molecule has 0 saturated heterocycles. The molecular formula is C9H14Al. The van der Waals surface area contributed by atoms with Gasteiger partial charge in [0.15, 0.2) is 17.4 Å². The van der Waals surface area contributed by atoms with Crippen molar-refractivity contribution in [3.63, 3.8) is 0 Å². The minimum Gasteiger partial charge on any atom is -0.0622 e. The van der Waals surface area contributed by atoms with Gasteiger partial charge in [0.2, 0.25) is 0 Å². The summed E-state index contributed by atoms with van der Waals surface area (Å²) in [6.07, 6.45) is 2.09. The van der Waals surface area contributed by atoms with Crippen molar-refractivity contribution < 1.29 is 0 Å². The largest absolute Gasteiger partial charge is 0.187 e. The first-order valence-electron chi connectivity index (χ1n) is 3.26. The molecule has 53 valence electrons. The van der Waals surface area contributed by atoms with Gasteiger partial charge in [-0.2, -0.15) is 0 Å². The molecule has 1 rings (SSSR count). The number of benzene rings is 1. The van der Waals surface area contributed by atoms with Crippen LogP contribution in [0, 0.1) is 6.92 Å². The first kappa shape index (κ1) is 9.75. The van der Waals surface area contributed by atoms with E-state index in [0.29, 0.717) is 0 Å². The van der Waals surface area contributed by atoms with E-state index in [1.807, 2.05) is 6.07 Å². The molecule has 0 aliphatic heterocycles. The van der Waals surface area contributed by atoms with Crippen molar-refractivity contribution in [2.24, 2.45) is 0 Å². The maximum absolute atomic E-state index is 3.78. The Morgan fingerprint density at radius 1 is 1.10 bits per heavy atom. The first-order chi connectivity index (χ1) is 4.43. The zero-order valence-corrected chi connectivity index (χ0v) is 5.51. The summed E-state index contributed by atoms with van der Waals surface area (Å²) in [4.78, 5) is 0. The van der Waals surface area contributed by atoms with Crippen molar-refractivity contribution in [2.45, 2.75) is 12.8 Å². The zero-order chi connectivity index (χ0) is 6.53. The van der Waals surface area contributed by atoms with Crippen LogP contribution in [0.5, 0.6) is 0 Å². The lowest BCUT2D eigenvalue weighted by Gasteiger charge is -1.93. The number of aryl methyl sites for hydroxylation is 1. The minimum absolute atomic E-state index is 0. The van der Waals surface area contributed by atoms with E-state index >= 15 is 0 Å². The highest BCUT2D eigenvalue weighted by atomic mass is 27.0. The summed E-state index contributed by atoms with van der Waals surface area (Å²) >= 11 is 0. The van der Waals surface area contributed by atoms with Gasteiger partial charge in [-0.05, 0) is 18.4 Å². The van der Waals surface area contributed by atoms with Gasteiger partial charge in [-0.25, -0.2) is 0 Å². The fourth-order valence-corrected chi connectivity index (χ4v) is 0.849. The summed E-state index contributed by atoms with van der Waals surface area (Å²) in [5, 5.41) is 0. The molecule has 1 heteroatoms. The van der Waals surface area contributed by atoms with Crippen molar-refractivity contribution >= 4 is 17.4 Å². The van der Waals surface area contributed by atoms with Crippen molar-refractivity contribution in [3.05, 3.63) is 42.8 Å². The molecule has 0 spiro atoms. The van der Waals surface area contributed by atoms with Crippen LogP contribution in [-0.2, 0) is 6.42 Å². The van der Waals surface area contributed by atoms with E-state index in [2.05, 4.69) is 31.2 Å². The smallest absolute Gasteiger partial charge is 0.0622 e. The summed E-state index contributed by atoms with van der Waals surface area (Å²) < 4.78 is 0. The van der Waals surface area contributed by atoms with Gasteiger partial charge in [0.1, 0.15) is 0 Å². The molecule has 1 aromatic carbocycles. The number of hydrogen-bond acceptors (Lipinski definition) is 0. The molecule has 0 aliphatic rings. The normalized spacial score (nSPS) is 8.50. The van der Waals surface area contributed by atoms with Crippen LogP contribution in [0.2, 0.25) is 0 Å². The Labute approximate surface area is 73.4 Å². The van der Waals surface area contributed by atoms with Crippen LogP contribution in [0.15, 0.2) is 30.3 Å². The van der Waals surface area contributed by atoms with E-state index < -0.39 is 0 Å². The Balaban J connectivity index is 0.000000810. The third-order valence-electron chi connectivity index (χ3n) is 1.31. The maximum Gasteiger partial charge on any atom is 0.187 e. The lowest BCUT2D eigenvalue weighted by atomic mass is 10.1. The number of rotatable bonds is 2. The van der Waals surface area contributed by atoms with Crippen molar-refractivity contribution in [2.75, 3.05) is 0 Å². The second-order valence-electron chi connectivity index (χ2n) is 2.09. The Kier molecular flexibility index (Phi) is 5.39. The van der Waals surface area contributed by atoms with E-state index in [4.69, 9.17) is 0 Å². The summed E-state index contributed by atoms with van der Waals surface area (Å²) in [5.41, 5.74) is 1.38. The molecule has 0 heterocycles. The molecule has 10 heavy (non-hydrogen) atoms. The molecule has 1 radical (unpaired) electrons. The molecule has 0 aliphatic carbocycles. The summed E-state index contributed by atoms with van der Waals surface area (Å²) in [7, 11) is 0. The average Bonchev–Trinajstić information content (AvgIpc) is 1.91. The maximum atomic E-state index is 3.78. The molecule has 0 N–H and O–H groups in total. The third-order valence-corrected chi connectivity index (χ3v) is 1.31. The van der Waals surface area contributed by atoms with E-state index in [9.17, 15) is 0 Å². The molecular weight excluding hydrogens is 135 g/mol. The van der Waals surface area contributed by atoms with E-state index in [-0.39, 0.29) is 17.4 Å². The topological polar surface area (TPSA) is 0 Å². The highest BCUT2D eigenvalue weighted by molar-refractivity contribution is 5.75. The second-order valence-corrected chi connectivity index (χ2v) is 2.09. The highest BCUT2D eigenvalue weighted by Gasteiger charge is 1.84. The van der Waals surface area contributed by atoms with Crippen molar-refractivity contribution in [3.8, 4) is 0 Å². The minimum atomic E-state index is 0. The summed E-state index contributed by atoms with van der Waals surface area (Å²) in [6.45, 7) is 3.78. The SMILES string of the molecule is [AlH3].[CH2]CCc1ccccc1. The average molecular weight is 149 g/mol. The van der Waals surface area contributed by atoms with Crippen LogP contribution in [0.1, 0.15) is 12.0 Å². The predicted octanol–water partition coefficient (Wildman–Crippen LogP) is 1.27. The first-order valence-corrected chi connectivity index (χ1v) is 3.26. The van der Waals surface area contributed by atoms with Crippen LogP contribution in [0.4, 0.5) is 0 Å². The monoisotopic (exact) mass is 149 g/mol. The zero-order valence-electron chi connectivity index (χ0n) is 5.51. The quantitative estimate of drug-likeness (QED) is 0.555. The number of hydrogen-bond donors (Lipinski definition) is 0. The van der Waals surface area contributed by atoms with Crippen LogP contribution in [0.25, 0.3) is 0 Å². The van der Waals surface area contributed by atoms with Crippen molar-refractivity contribution in [1.82, 2.24) is 0 Å². The Hall–Kier alpha value is -0.248. The van der Waals surface area contributed by atoms with Gasteiger partial charge in [-0.15, -0.1) is 0 Å². The highest BCUT2D eigenvalue weighted by Crippen LogP contribution is 2.00. The van der Waals surface area contributed by atoms with Gasteiger partial charge in [-0.3, -0.25) is 0 Å². The Morgan fingerprint density at radius 3 is 2.20 bits per heavy atom. The van der Waals surface area contributed by atoms with Gasteiger partial charge < -0.3 is 0 Å².